The predicted octanol–water partition coefficient (Wildman–Crippen LogP) is 6.06. The van der Waals surface area contributed by atoms with Gasteiger partial charge in [-0.1, -0.05) is 20.8 Å². The highest BCUT2D eigenvalue weighted by Crippen LogP contribution is 2.67. The van der Waals surface area contributed by atoms with Crippen LogP contribution in [0.4, 0.5) is 0 Å². The molecule has 166 valence electrons. The van der Waals surface area contributed by atoms with Crippen LogP contribution < -0.4 is 0 Å². The third-order valence-corrected chi connectivity index (χ3v) is 7.43. The van der Waals surface area contributed by atoms with E-state index in [2.05, 4.69) is 13.8 Å². The summed E-state index contributed by atoms with van der Waals surface area (Å²) in [4.78, 5) is 26.0. The molecule has 0 heterocycles. The van der Waals surface area contributed by atoms with E-state index in [1.807, 2.05) is 41.5 Å². The molecule has 4 rings (SSSR count). The molecule has 0 aromatic rings. The van der Waals surface area contributed by atoms with Gasteiger partial charge >= 0.3 is 11.9 Å². The molecule has 3 unspecified atom stereocenters. The van der Waals surface area contributed by atoms with Gasteiger partial charge in [-0.2, -0.15) is 0 Å². The Balaban J connectivity index is 1.70. The van der Waals surface area contributed by atoms with Gasteiger partial charge in [0.1, 0.15) is 11.2 Å². The van der Waals surface area contributed by atoms with Crippen LogP contribution in [-0.4, -0.2) is 23.1 Å². The summed E-state index contributed by atoms with van der Waals surface area (Å²) >= 11 is 0. The zero-order valence-electron chi connectivity index (χ0n) is 19.9. The van der Waals surface area contributed by atoms with Crippen molar-refractivity contribution in [1.82, 2.24) is 0 Å². The summed E-state index contributed by atoms with van der Waals surface area (Å²) in [7, 11) is 0. The van der Waals surface area contributed by atoms with E-state index in [0.717, 1.165) is 19.3 Å². The standard InChI is InChI=1S/C25H42O4/c1-9-18(13-22(5,6)20(27)29-21(2,3)4)19(26)28-25-12-17-10-23(7,15-25)14-24(8,11-17)16-25/h17-18H,9-16H2,1-8H3. The Morgan fingerprint density at radius 1 is 0.966 bits per heavy atom. The van der Waals surface area contributed by atoms with Crippen molar-refractivity contribution in [2.24, 2.45) is 28.1 Å². The highest BCUT2D eigenvalue weighted by atomic mass is 16.6. The lowest BCUT2D eigenvalue weighted by atomic mass is 9.43. The number of carbonyl (C=O) groups is 2. The van der Waals surface area contributed by atoms with Crippen molar-refractivity contribution in [1.29, 1.82) is 0 Å². The Hall–Kier alpha value is -1.06. The number of hydrogen-bond donors (Lipinski definition) is 0. The fourth-order valence-electron chi connectivity index (χ4n) is 7.26. The molecule has 4 bridgehead atoms. The van der Waals surface area contributed by atoms with Gasteiger partial charge in [-0.3, -0.25) is 9.59 Å². The summed E-state index contributed by atoms with van der Waals surface area (Å²) in [6, 6.07) is 0. The summed E-state index contributed by atoms with van der Waals surface area (Å²) in [6.45, 7) is 16.2. The van der Waals surface area contributed by atoms with Crippen molar-refractivity contribution < 1.29 is 19.1 Å². The van der Waals surface area contributed by atoms with Gasteiger partial charge in [0, 0.05) is 0 Å². The van der Waals surface area contributed by atoms with Gasteiger partial charge < -0.3 is 9.47 Å². The van der Waals surface area contributed by atoms with Gasteiger partial charge in [0.2, 0.25) is 0 Å². The quantitative estimate of drug-likeness (QED) is 0.503. The Labute approximate surface area is 177 Å². The average molecular weight is 407 g/mol. The van der Waals surface area contributed by atoms with Gasteiger partial charge in [0.15, 0.2) is 0 Å². The van der Waals surface area contributed by atoms with E-state index in [9.17, 15) is 9.59 Å². The summed E-state index contributed by atoms with van der Waals surface area (Å²) < 4.78 is 12.0. The van der Waals surface area contributed by atoms with Gasteiger partial charge in [-0.15, -0.1) is 0 Å². The van der Waals surface area contributed by atoms with E-state index in [1.165, 1.54) is 19.3 Å². The lowest BCUT2D eigenvalue weighted by Crippen LogP contribution is -2.60. The van der Waals surface area contributed by atoms with Crippen molar-refractivity contribution in [2.75, 3.05) is 0 Å². The molecule has 29 heavy (non-hydrogen) atoms. The molecule has 4 saturated carbocycles. The molecular weight excluding hydrogens is 364 g/mol. The maximum absolute atomic E-state index is 13.3. The third-order valence-electron chi connectivity index (χ3n) is 7.43. The van der Waals surface area contributed by atoms with Crippen LogP contribution in [0.15, 0.2) is 0 Å². The molecule has 0 aromatic heterocycles. The van der Waals surface area contributed by atoms with Crippen LogP contribution in [0.1, 0.15) is 107 Å². The minimum atomic E-state index is -0.716. The first-order valence-electron chi connectivity index (χ1n) is 11.5. The van der Waals surface area contributed by atoms with Gasteiger partial charge in [-0.25, -0.2) is 0 Å². The average Bonchev–Trinajstić information content (AvgIpc) is 2.46. The maximum Gasteiger partial charge on any atom is 0.312 e. The zero-order valence-corrected chi connectivity index (χ0v) is 19.9. The second-order valence-corrected chi connectivity index (χ2v) is 12.9. The molecule has 0 amide bonds. The topological polar surface area (TPSA) is 52.6 Å². The first-order valence-corrected chi connectivity index (χ1v) is 11.5. The second-order valence-electron chi connectivity index (χ2n) is 12.9. The largest absolute Gasteiger partial charge is 0.460 e. The molecule has 0 N–H and O–H groups in total. The molecule has 4 heteroatoms. The molecule has 0 spiro atoms. The van der Waals surface area contributed by atoms with E-state index in [-0.39, 0.29) is 23.5 Å². The molecule has 0 aromatic carbocycles. The Bertz CT molecular complexity index is 653. The molecular formula is C25H42O4. The van der Waals surface area contributed by atoms with Crippen LogP contribution in [0.5, 0.6) is 0 Å². The van der Waals surface area contributed by atoms with Crippen LogP contribution in [-0.2, 0) is 19.1 Å². The molecule has 0 radical (unpaired) electrons. The fraction of sp³-hybridized carbons (Fsp3) is 0.920. The smallest absolute Gasteiger partial charge is 0.312 e. The number of ether oxygens (including phenoxy) is 2. The lowest BCUT2D eigenvalue weighted by molar-refractivity contribution is -0.219. The van der Waals surface area contributed by atoms with Crippen molar-refractivity contribution >= 4 is 11.9 Å². The van der Waals surface area contributed by atoms with E-state index in [1.54, 1.807) is 0 Å². The normalized spacial score (nSPS) is 37.3. The predicted molar refractivity (Wildman–Crippen MR) is 114 cm³/mol. The lowest BCUT2D eigenvalue weighted by Gasteiger charge is -2.64. The van der Waals surface area contributed by atoms with Gasteiger partial charge in [0.25, 0.3) is 0 Å². The Morgan fingerprint density at radius 2 is 1.52 bits per heavy atom. The Morgan fingerprint density at radius 3 is 1.97 bits per heavy atom. The first-order chi connectivity index (χ1) is 13.1. The number of rotatable bonds is 6. The number of carbonyl (C=O) groups excluding carboxylic acids is 2. The highest BCUT2D eigenvalue weighted by Gasteiger charge is 2.62. The van der Waals surface area contributed by atoms with E-state index >= 15 is 0 Å². The third kappa shape index (κ3) is 4.82. The van der Waals surface area contributed by atoms with Crippen molar-refractivity contribution in [3.8, 4) is 0 Å². The van der Waals surface area contributed by atoms with Crippen LogP contribution in [0.3, 0.4) is 0 Å². The van der Waals surface area contributed by atoms with Crippen molar-refractivity contribution in [2.45, 2.75) is 118 Å². The fourth-order valence-corrected chi connectivity index (χ4v) is 7.26. The number of esters is 2. The molecule has 3 atom stereocenters. The summed E-state index contributed by atoms with van der Waals surface area (Å²) in [6.07, 6.45) is 8.00. The van der Waals surface area contributed by atoms with Crippen LogP contribution in [0.25, 0.3) is 0 Å². The molecule has 0 saturated heterocycles. The summed E-state index contributed by atoms with van der Waals surface area (Å²) in [5.41, 5.74) is -0.908. The van der Waals surface area contributed by atoms with E-state index < -0.39 is 11.0 Å². The van der Waals surface area contributed by atoms with Crippen molar-refractivity contribution in [3.63, 3.8) is 0 Å². The first kappa shape index (κ1) is 22.6. The maximum atomic E-state index is 13.3. The highest BCUT2D eigenvalue weighted by molar-refractivity contribution is 5.79. The molecule has 0 aliphatic heterocycles. The van der Waals surface area contributed by atoms with Crippen LogP contribution in [0.2, 0.25) is 0 Å². The minimum absolute atomic E-state index is 0.113. The van der Waals surface area contributed by atoms with Gasteiger partial charge in [-0.05, 0) is 103 Å². The summed E-state index contributed by atoms with van der Waals surface area (Å²) in [5.74, 6) is 0.0582. The molecule has 4 nitrogen and oxygen atoms in total. The molecule has 4 aliphatic carbocycles. The SMILES string of the molecule is CCC(CC(C)(C)C(=O)OC(C)(C)C)C(=O)OC12CC3CC(C)(CC(C)(C3)C1)C2. The van der Waals surface area contributed by atoms with Crippen LogP contribution >= 0.6 is 0 Å². The summed E-state index contributed by atoms with van der Waals surface area (Å²) in [5, 5.41) is 0. The molecule has 4 fully saturated rings. The van der Waals surface area contributed by atoms with Crippen LogP contribution in [0, 0.1) is 28.1 Å². The molecule has 4 aliphatic rings. The zero-order chi connectivity index (χ0) is 21.9. The van der Waals surface area contributed by atoms with E-state index in [4.69, 9.17) is 9.47 Å². The monoisotopic (exact) mass is 406 g/mol. The van der Waals surface area contributed by atoms with Crippen molar-refractivity contribution in [3.05, 3.63) is 0 Å². The Kier molecular flexibility index (Phi) is 5.45. The van der Waals surface area contributed by atoms with Gasteiger partial charge in [0.05, 0.1) is 11.3 Å². The number of hydrogen-bond acceptors (Lipinski definition) is 4. The second kappa shape index (κ2) is 6.99. The van der Waals surface area contributed by atoms with E-state index in [0.29, 0.717) is 29.6 Å². The minimum Gasteiger partial charge on any atom is -0.460 e.